The van der Waals surface area contributed by atoms with Crippen LogP contribution in [0.4, 0.5) is 0 Å². The Balaban J connectivity index is 2.94. The highest BCUT2D eigenvalue weighted by molar-refractivity contribution is 14.1. The van der Waals surface area contributed by atoms with Gasteiger partial charge >= 0.3 is 0 Å². The average Bonchev–Trinajstić information content (AvgIpc) is 2.36. The molecule has 90 valence electrons. The van der Waals surface area contributed by atoms with Gasteiger partial charge in [0.05, 0.1) is 11.6 Å². The minimum Gasteiger partial charge on any atom is -0.334 e. The Bertz CT molecular complexity index is 447. The lowest BCUT2D eigenvalue weighted by Crippen LogP contribution is -2.46. The van der Waals surface area contributed by atoms with E-state index in [1.807, 2.05) is 32.0 Å². The van der Waals surface area contributed by atoms with Crippen LogP contribution < -0.4 is 5.32 Å². The molecule has 0 atom stereocenters. The summed E-state index contributed by atoms with van der Waals surface area (Å²) in [7, 11) is 0. The molecule has 4 heteroatoms. The number of carbonyl (C=O) groups excluding carboxylic acids is 1. The number of rotatable bonds is 4. The highest BCUT2D eigenvalue weighted by Crippen LogP contribution is 2.17. The van der Waals surface area contributed by atoms with Gasteiger partial charge in [0.25, 0.3) is 5.91 Å². The number of hydrogen-bond acceptors (Lipinski definition) is 2. The third kappa shape index (κ3) is 3.19. The largest absolute Gasteiger partial charge is 0.334 e. The third-order valence-corrected chi connectivity index (χ3v) is 3.83. The molecular formula is C13H15IN2O. The summed E-state index contributed by atoms with van der Waals surface area (Å²) >= 11 is 2.12. The predicted molar refractivity (Wildman–Crippen MR) is 75.6 cm³/mol. The standard InChI is InChI=1S/C13H15IN2O/c1-3-13(4-2,9-15)16-12(17)10-7-5-6-8-11(10)14/h5-8H,3-4H2,1-2H3,(H,16,17). The van der Waals surface area contributed by atoms with E-state index < -0.39 is 5.54 Å². The highest BCUT2D eigenvalue weighted by Gasteiger charge is 2.28. The van der Waals surface area contributed by atoms with Crippen molar-refractivity contribution in [2.24, 2.45) is 0 Å². The van der Waals surface area contributed by atoms with Gasteiger partial charge in [-0.2, -0.15) is 5.26 Å². The van der Waals surface area contributed by atoms with Gasteiger partial charge in [0.2, 0.25) is 0 Å². The molecule has 0 spiro atoms. The van der Waals surface area contributed by atoms with Crippen molar-refractivity contribution in [1.29, 1.82) is 5.26 Å². The smallest absolute Gasteiger partial charge is 0.253 e. The van der Waals surface area contributed by atoms with Gasteiger partial charge < -0.3 is 5.32 Å². The van der Waals surface area contributed by atoms with Gasteiger partial charge in [-0.1, -0.05) is 26.0 Å². The molecule has 0 aliphatic rings. The zero-order valence-electron chi connectivity index (χ0n) is 9.96. The number of nitriles is 1. The molecule has 1 aromatic rings. The van der Waals surface area contributed by atoms with E-state index in [2.05, 4.69) is 34.0 Å². The van der Waals surface area contributed by atoms with Gasteiger partial charge in [-0.05, 0) is 47.6 Å². The first kappa shape index (κ1) is 14.0. The summed E-state index contributed by atoms with van der Waals surface area (Å²) in [5, 5.41) is 12.0. The van der Waals surface area contributed by atoms with E-state index in [4.69, 9.17) is 0 Å². The summed E-state index contributed by atoms with van der Waals surface area (Å²) in [5.41, 5.74) is -0.134. The van der Waals surface area contributed by atoms with Crippen LogP contribution in [0.2, 0.25) is 0 Å². The van der Waals surface area contributed by atoms with Crippen molar-refractivity contribution in [1.82, 2.24) is 5.32 Å². The molecule has 17 heavy (non-hydrogen) atoms. The van der Waals surface area contributed by atoms with Crippen LogP contribution in [0.3, 0.4) is 0 Å². The lowest BCUT2D eigenvalue weighted by atomic mass is 9.94. The van der Waals surface area contributed by atoms with Crippen molar-refractivity contribution < 1.29 is 4.79 Å². The molecule has 0 aliphatic heterocycles. The molecule has 1 amide bonds. The summed E-state index contributed by atoms with van der Waals surface area (Å²) in [6, 6.07) is 9.55. The summed E-state index contributed by atoms with van der Waals surface area (Å²) in [4.78, 5) is 12.1. The molecule has 0 saturated carbocycles. The van der Waals surface area contributed by atoms with E-state index >= 15 is 0 Å². The van der Waals surface area contributed by atoms with E-state index in [9.17, 15) is 10.1 Å². The fourth-order valence-electron chi connectivity index (χ4n) is 1.54. The second kappa shape index (κ2) is 6.01. The Morgan fingerprint density at radius 3 is 2.47 bits per heavy atom. The van der Waals surface area contributed by atoms with Crippen LogP contribution in [0.15, 0.2) is 24.3 Å². The minimum atomic E-state index is -0.754. The number of nitrogens with one attached hydrogen (secondary N) is 1. The molecule has 0 aromatic heterocycles. The fourth-order valence-corrected chi connectivity index (χ4v) is 2.18. The van der Waals surface area contributed by atoms with Crippen LogP contribution in [0.1, 0.15) is 37.0 Å². The van der Waals surface area contributed by atoms with Crippen LogP contribution in [0.25, 0.3) is 0 Å². The Morgan fingerprint density at radius 2 is 2.00 bits per heavy atom. The molecule has 0 aliphatic carbocycles. The molecule has 0 radical (unpaired) electrons. The second-order valence-electron chi connectivity index (χ2n) is 3.83. The number of halogens is 1. The normalized spacial score (nSPS) is 10.7. The van der Waals surface area contributed by atoms with E-state index in [0.717, 1.165) is 3.57 Å². The van der Waals surface area contributed by atoms with Crippen LogP contribution in [-0.4, -0.2) is 11.4 Å². The van der Waals surface area contributed by atoms with Crippen molar-refractivity contribution in [3.05, 3.63) is 33.4 Å². The van der Waals surface area contributed by atoms with Crippen molar-refractivity contribution >= 4 is 28.5 Å². The lowest BCUT2D eigenvalue weighted by molar-refractivity contribution is 0.0914. The zero-order chi connectivity index (χ0) is 12.9. The molecule has 3 nitrogen and oxygen atoms in total. The monoisotopic (exact) mass is 342 g/mol. The van der Waals surface area contributed by atoms with E-state index in [-0.39, 0.29) is 5.91 Å². The molecule has 0 unspecified atom stereocenters. The van der Waals surface area contributed by atoms with E-state index in [0.29, 0.717) is 18.4 Å². The quantitative estimate of drug-likeness (QED) is 0.855. The predicted octanol–water partition coefficient (Wildman–Crippen LogP) is 3.10. The molecular weight excluding hydrogens is 327 g/mol. The lowest BCUT2D eigenvalue weighted by Gasteiger charge is -2.25. The Kier molecular flexibility index (Phi) is 4.94. The molecule has 1 N–H and O–H groups in total. The van der Waals surface area contributed by atoms with Gasteiger partial charge in [-0.15, -0.1) is 0 Å². The number of hydrogen-bond donors (Lipinski definition) is 1. The van der Waals surface area contributed by atoms with Crippen LogP contribution >= 0.6 is 22.6 Å². The number of nitrogens with zero attached hydrogens (tertiary/aromatic N) is 1. The molecule has 0 saturated heterocycles. The summed E-state index contributed by atoms with van der Waals surface area (Å²) in [5.74, 6) is -0.180. The molecule has 1 rings (SSSR count). The highest BCUT2D eigenvalue weighted by atomic mass is 127. The van der Waals surface area contributed by atoms with Gasteiger partial charge in [0.15, 0.2) is 0 Å². The molecule has 1 aromatic carbocycles. The van der Waals surface area contributed by atoms with Crippen LogP contribution in [0, 0.1) is 14.9 Å². The first-order valence-electron chi connectivity index (χ1n) is 5.57. The van der Waals surface area contributed by atoms with Crippen LogP contribution in [0.5, 0.6) is 0 Å². The first-order valence-corrected chi connectivity index (χ1v) is 6.64. The maximum Gasteiger partial charge on any atom is 0.253 e. The van der Waals surface area contributed by atoms with Gasteiger partial charge in [0, 0.05) is 3.57 Å². The summed E-state index contributed by atoms with van der Waals surface area (Å²) in [6.45, 7) is 3.81. The average molecular weight is 342 g/mol. The molecule has 0 fully saturated rings. The Hall–Kier alpha value is -1.09. The van der Waals surface area contributed by atoms with Gasteiger partial charge in [0.1, 0.15) is 5.54 Å². The minimum absolute atomic E-state index is 0.180. The van der Waals surface area contributed by atoms with Crippen molar-refractivity contribution in [2.45, 2.75) is 32.2 Å². The SMILES string of the molecule is CCC(C#N)(CC)NC(=O)c1ccccc1I. The number of carbonyl (C=O) groups is 1. The fraction of sp³-hybridized carbons (Fsp3) is 0.385. The maximum atomic E-state index is 12.1. The number of amides is 1. The zero-order valence-corrected chi connectivity index (χ0v) is 12.1. The Labute approximate surface area is 115 Å². The van der Waals surface area contributed by atoms with Crippen LogP contribution in [-0.2, 0) is 0 Å². The van der Waals surface area contributed by atoms with E-state index in [1.54, 1.807) is 6.07 Å². The maximum absolute atomic E-state index is 12.1. The molecule has 0 heterocycles. The summed E-state index contributed by atoms with van der Waals surface area (Å²) < 4.78 is 0.890. The van der Waals surface area contributed by atoms with Gasteiger partial charge in [-0.3, -0.25) is 4.79 Å². The van der Waals surface area contributed by atoms with E-state index in [1.165, 1.54) is 0 Å². The van der Waals surface area contributed by atoms with Crippen molar-refractivity contribution in [3.8, 4) is 6.07 Å². The van der Waals surface area contributed by atoms with Crippen molar-refractivity contribution in [3.63, 3.8) is 0 Å². The Morgan fingerprint density at radius 1 is 1.41 bits per heavy atom. The summed E-state index contributed by atoms with van der Waals surface area (Å²) in [6.07, 6.45) is 1.21. The van der Waals surface area contributed by atoms with Crippen molar-refractivity contribution in [2.75, 3.05) is 0 Å². The number of benzene rings is 1. The third-order valence-electron chi connectivity index (χ3n) is 2.89. The second-order valence-corrected chi connectivity index (χ2v) is 5.00. The van der Waals surface area contributed by atoms with Gasteiger partial charge in [-0.25, -0.2) is 0 Å². The molecule has 0 bridgehead atoms. The first-order chi connectivity index (χ1) is 8.08. The topological polar surface area (TPSA) is 52.9 Å².